The number of hydrogen-bond acceptors (Lipinski definition) is 6. The van der Waals surface area contributed by atoms with Crippen molar-refractivity contribution in [2.75, 3.05) is 32.7 Å². The van der Waals surface area contributed by atoms with Crippen molar-refractivity contribution in [1.29, 1.82) is 0 Å². The van der Waals surface area contributed by atoms with Crippen molar-refractivity contribution in [3.63, 3.8) is 0 Å². The average molecular weight is 611 g/mol. The van der Waals surface area contributed by atoms with E-state index in [9.17, 15) is 14.4 Å². The minimum atomic E-state index is -0.626. The lowest BCUT2D eigenvalue weighted by molar-refractivity contribution is -0.129. The molecule has 0 unspecified atom stereocenters. The quantitative estimate of drug-likeness (QED) is 0.0383. The van der Waals surface area contributed by atoms with Crippen molar-refractivity contribution in [2.24, 2.45) is 38.8 Å². The highest BCUT2D eigenvalue weighted by molar-refractivity contribution is 5.88. The second kappa shape index (κ2) is 26.5. The topological polar surface area (TPSA) is 228 Å². The summed E-state index contributed by atoms with van der Waals surface area (Å²) in [5.41, 5.74) is 21.3. The maximum absolute atomic E-state index is 12.9. The lowest BCUT2D eigenvalue weighted by Crippen LogP contribution is -2.50. The van der Waals surface area contributed by atoms with Gasteiger partial charge in [-0.15, -0.1) is 0 Å². The molecule has 0 radical (unpaired) electrons. The zero-order valence-corrected chi connectivity index (χ0v) is 27.1. The molecule has 0 aromatic rings. The molecule has 2 atom stereocenters. The first-order chi connectivity index (χ1) is 20.5. The standard InChI is InChI=1S/C30H62N10O3/c1-4-5-6-7-8-10-15-24(21-26(41)35-16-11-9-12-18-37-29(31)32)39-22-27(42)40-25(20-23(2)3)28(43)36-17-13-14-19-38-30(33)34/h23-25,39H,4-22H2,1-3H3,(H,35,41)(H,36,43)(H,40,42)(H4,31,32,37)(H4,33,34,38)/t24-,25+/m1/s1. The molecule has 0 aromatic heterocycles. The highest BCUT2D eigenvalue weighted by atomic mass is 16.2. The first kappa shape index (κ1) is 39.9. The first-order valence-electron chi connectivity index (χ1n) is 16.2. The average Bonchev–Trinajstić information content (AvgIpc) is 2.93. The van der Waals surface area contributed by atoms with E-state index in [1.165, 1.54) is 25.7 Å². The number of unbranched alkanes of at least 4 members (excludes halogenated alkanes) is 8. The second-order valence-electron chi connectivity index (χ2n) is 11.6. The lowest BCUT2D eigenvalue weighted by atomic mass is 10.0. The van der Waals surface area contributed by atoms with Gasteiger partial charge in [0.15, 0.2) is 11.9 Å². The summed E-state index contributed by atoms with van der Waals surface area (Å²) >= 11 is 0. The SMILES string of the molecule is CCCCCCCC[C@H](CC(=O)NCCCCCN=C(N)N)NCC(=O)N[C@@H](CC(C)C)C(=O)NCCCCN=C(N)N. The van der Waals surface area contributed by atoms with Gasteiger partial charge in [-0.1, -0.05) is 59.3 Å². The zero-order valence-electron chi connectivity index (χ0n) is 27.1. The number of rotatable bonds is 27. The van der Waals surface area contributed by atoms with Crippen LogP contribution in [0.4, 0.5) is 0 Å². The number of carbonyl (C=O) groups excluding carboxylic acids is 3. The van der Waals surface area contributed by atoms with E-state index in [2.05, 4.69) is 38.2 Å². The van der Waals surface area contributed by atoms with Crippen LogP contribution >= 0.6 is 0 Å². The number of nitrogens with two attached hydrogens (primary N) is 4. The minimum absolute atomic E-state index is 0.0370. The van der Waals surface area contributed by atoms with Crippen molar-refractivity contribution in [2.45, 2.75) is 123 Å². The summed E-state index contributed by atoms with van der Waals surface area (Å²) in [6.07, 6.45) is 12.6. The van der Waals surface area contributed by atoms with Crippen LogP contribution in [0.25, 0.3) is 0 Å². The molecule has 13 nitrogen and oxygen atoms in total. The Labute approximate surface area is 259 Å². The Bertz CT molecular complexity index is 812. The summed E-state index contributed by atoms with van der Waals surface area (Å²) in [6, 6.07) is -0.749. The van der Waals surface area contributed by atoms with Gasteiger partial charge in [0, 0.05) is 38.6 Å². The Balaban J connectivity index is 4.79. The lowest BCUT2D eigenvalue weighted by Gasteiger charge is -2.22. The van der Waals surface area contributed by atoms with E-state index in [0.29, 0.717) is 39.0 Å². The maximum Gasteiger partial charge on any atom is 0.242 e. The molecule has 13 heteroatoms. The van der Waals surface area contributed by atoms with Crippen LogP contribution in [0.5, 0.6) is 0 Å². The van der Waals surface area contributed by atoms with Crippen LogP contribution in [0.2, 0.25) is 0 Å². The predicted molar refractivity (Wildman–Crippen MR) is 176 cm³/mol. The van der Waals surface area contributed by atoms with Gasteiger partial charge in [0.25, 0.3) is 0 Å². The minimum Gasteiger partial charge on any atom is -0.370 e. The van der Waals surface area contributed by atoms with Crippen LogP contribution in [0.3, 0.4) is 0 Å². The molecule has 0 aliphatic carbocycles. The number of amides is 3. The molecule has 43 heavy (non-hydrogen) atoms. The normalized spacial score (nSPS) is 12.3. The number of aliphatic imine (C=N–C) groups is 2. The number of guanidine groups is 2. The smallest absolute Gasteiger partial charge is 0.242 e. The van der Waals surface area contributed by atoms with Gasteiger partial charge in [-0.25, -0.2) is 0 Å². The highest BCUT2D eigenvalue weighted by Crippen LogP contribution is 2.11. The van der Waals surface area contributed by atoms with Gasteiger partial charge in [0.2, 0.25) is 17.7 Å². The second-order valence-corrected chi connectivity index (χ2v) is 11.6. The summed E-state index contributed by atoms with van der Waals surface area (Å²) in [5.74, 6) is -0.129. The predicted octanol–water partition coefficient (Wildman–Crippen LogP) is 1.35. The molecule has 0 bridgehead atoms. The van der Waals surface area contributed by atoms with Crippen LogP contribution < -0.4 is 44.2 Å². The van der Waals surface area contributed by atoms with E-state index in [-0.39, 0.29) is 48.1 Å². The fourth-order valence-corrected chi connectivity index (χ4v) is 4.56. The van der Waals surface area contributed by atoms with Crippen LogP contribution in [0.15, 0.2) is 9.98 Å². The Morgan fingerprint density at radius 2 is 1.26 bits per heavy atom. The highest BCUT2D eigenvalue weighted by Gasteiger charge is 2.22. The molecule has 0 heterocycles. The van der Waals surface area contributed by atoms with Gasteiger partial charge >= 0.3 is 0 Å². The van der Waals surface area contributed by atoms with Gasteiger partial charge in [-0.05, 0) is 50.9 Å². The fraction of sp³-hybridized carbons (Fsp3) is 0.833. The van der Waals surface area contributed by atoms with Crippen molar-refractivity contribution >= 4 is 29.6 Å². The van der Waals surface area contributed by atoms with Crippen molar-refractivity contribution < 1.29 is 14.4 Å². The molecule has 0 saturated heterocycles. The Morgan fingerprint density at radius 3 is 1.88 bits per heavy atom. The van der Waals surface area contributed by atoms with Crippen LogP contribution in [0, 0.1) is 5.92 Å². The summed E-state index contributed by atoms with van der Waals surface area (Å²) in [6.45, 7) is 8.42. The van der Waals surface area contributed by atoms with Gasteiger partial charge in [-0.2, -0.15) is 0 Å². The monoisotopic (exact) mass is 611 g/mol. The molecular formula is C30H62N10O3. The number of hydrogen-bond donors (Lipinski definition) is 8. The molecule has 3 amide bonds. The molecular weight excluding hydrogens is 548 g/mol. The molecule has 0 rings (SSSR count). The van der Waals surface area contributed by atoms with Gasteiger partial charge < -0.3 is 44.2 Å². The summed E-state index contributed by atoms with van der Waals surface area (Å²) in [7, 11) is 0. The van der Waals surface area contributed by atoms with E-state index in [1.807, 2.05) is 13.8 Å². The third-order valence-corrected chi connectivity index (χ3v) is 6.88. The number of nitrogens with zero attached hydrogens (tertiary/aromatic N) is 2. The van der Waals surface area contributed by atoms with Gasteiger partial charge in [0.05, 0.1) is 6.54 Å². The third kappa shape index (κ3) is 26.3. The largest absolute Gasteiger partial charge is 0.370 e. The van der Waals surface area contributed by atoms with Crippen molar-refractivity contribution in [1.82, 2.24) is 21.3 Å². The molecule has 0 saturated carbocycles. The van der Waals surface area contributed by atoms with Crippen LogP contribution in [-0.4, -0.2) is 74.4 Å². The number of carbonyl (C=O) groups is 3. The number of nitrogens with one attached hydrogen (secondary N) is 4. The zero-order chi connectivity index (χ0) is 32.3. The molecule has 0 aliphatic heterocycles. The van der Waals surface area contributed by atoms with Crippen molar-refractivity contribution in [3.8, 4) is 0 Å². The molecule has 0 aliphatic rings. The first-order valence-corrected chi connectivity index (χ1v) is 16.2. The van der Waals surface area contributed by atoms with Crippen LogP contribution in [-0.2, 0) is 14.4 Å². The summed E-state index contributed by atoms with van der Waals surface area (Å²) < 4.78 is 0. The fourth-order valence-electron chi connectivity index (χ4n) is 4.56. The van der Waals surface area contributed by atoms with Crippen LogP contribution in [0.1, 0.15) is 111 Å². The van der Waals surface area contributed by atoms with E-state index in [0.717, 1.165) is 51.4 Å². The Kier molecular flexibility index (Phi) is 24.6. The van der Waals surface area contributed by atoms with Gasteiger partial charge in [-0.3, -0.25) is 24.4 Å². The van der Waals surface area contributed by atoms with E-state index < -0.39 is 6.04 Å². The van der Waals surface area contributed by atoms with Crippen molar-refractivity contribution in [3.05, 3.63) is 0 Å². The van der Waals surface area contributed by atoms with E-state index >= 15 is 0 Å². The van der Waals surface area contributed by atoms with Gasteiger partial charge in [0.1, 0.15) is 6.04 Å². The van der Waals surface area contributed by atoms with E-state index in [1.54, 1.807) is 0 Å². The summed E-state index contributed by atoms with van der Waals surface area (Å²) in [5, 5.41) is 12.1. The Hall–Kier alpha value is -3.09. The molecule has 250 valence electrons. The molecule has 0 spiro atoms. The molecule has 12 N–H and O–H groups in total. The summed E-state index contributed by atoms with van der Waals surface area (Å²) in [4.78, 5) is 46.3. The Morgan fingerprint density at radius 1 is 0.698 bits per heavy atom. The molecule has 0 aromatic carbocycles. The molecule has 0 fully saturated rings. The third-order valence-electron chi connectivity index (χ3n) is 6.88. The van der Waals surface area contributed by atoms with E-state index in [4.69, 9.17) is 22.9 Å². The maximum atomic E-state index is 12.9.